The third-order valence-corrected chi connectivity index (χ3v) is 7.12. The van der Waals surface area contributed by atoms with Crippen molar-refractivity contribution in [2.75, 3.05) is 36.3 Å². The first-order chi connectivity index (χ1) is 13.0. The third-order valence-electron chi connectivity index (χ3n) is 5.32. The molecule has 0 aliphatic carbocycles. The first-order valence-electron chi connectivity index (χ1n) is 9.92. The molecule has 3 rings (SSSR count). The number of benzene rings is 1. The summed E-state index contributed by atoms with van der Waals surface area (Å²) in [6, 6.07) is 7.30. The van der Waals surface area contributed by atoms with Crippen molar-refractivity contribution in [3.63, 3.8) is 0 Å². The van der Waals surface area contributed by atoms with Gasteiger partial charge in [0.25, 0.3) is 0 Å². The molecule has 1 aromatic rings. The quantitative estimate of drug-likeness (QED) is 0.744. The highest BCUT2D eigenvalue weighted by molar-refractivity contribution is 7.92. The number of piperidine rings is 1. The SMILES string of the molecule is Cc1ccc(N(CC(=O)N2CCCCC2)S(=O)(=O)CC2CCCCO2)cc1. The van der Waals surface area contributed by atoms with Crippen molar-refractivity contribution in [3.8, 4) is 0 Å². The summed E-state index contributed by atoms with van der Waals surface area (Å²) in [4.78, 5) is 14.6. The second-order valence-electron chi connectivity index (χ2n) is 7.55. The number of hydrogen-bond donors (Lipinski definition) is 0. The number of ether oxygens (including phenoxy) is 1. The van der Waals surface area contributed by atoms with Crippen LogP contribution in [0.4, 0.5) is 5.69 Å². The molecule has 1 unspecified atom stereocenters. The van der Waals surface area contributed by atoms with E-state index in [2.05, 4.69) is 0 Å². The molecule has 6 nitrogen and oxygen atoms in total. The van der Waals surface area contributed by atoms with Gasteiger partial charge in [-0.1, -0.05) is 17.7 Å². The number of sulfonamides is 1. The Morgan fingerprint density at radius 1 is 1.11 bits per heavy atom. The second kappa shape index (κ2) is 9.06. The summed E-state index contributed by atoms with van der Waals surface area (Å²) < 4.78 is 33.3. The fourth-order valence-electron chi connectivity index (χ4n) is 3.69. The Balaban J connectivity index is 1.79. The van der Waals surface area contributed by atoms with Crippen LogP contribution >= 0.6 is 0 Å². The van der Waals surface area contributed by atoms with Gasteiger partial charge in [-0.25, -0.2) is 8.42 Å². The van der Waals surface area contributed by atoms with Crippen molar-refractivity contribution in [1.29, 1.82) is 0 Å². The first-order valence-corrected chi connectivity index (χ1v) is 11.5. The molecule has 2 aliphatic rings. The Kier molecular flexibility index (Phi) is 6.76. The molecule has 1 amide bonds. The molecule has 0 aromatic heterocycles. The number of anilines is 1. The summed E-state index contributed by atoms with van der Waals surface area (Å²) in [6.45, 7) is 3.85. The Labute approximate surface area is 162 Å². The van der Waals surface area contributed by atoms with Crippen molar-refractivity contribution < 1.29 is 17.9 Å². The smallest absolute Gasteiger partial charge is 0.243 e. The van der Waals surface area contributed by atoms with E-state index in [-0.39, 0.29) is 24.3 Å². The van der Waals surface area contributed by atoms with E-state index in [1.807, 2.05) is 19.1 Å². The van der Waals surface area contributed by atoms with E-state index in [0.29, 0.717) is 25.4 Å². The summed E-state index contributed by atoms with van der Waals surface area (Å²) in [6.07, 6.45) is 5.52. The van der Waals surface area contributed by atoms with Crippen LogP contribution in [0, 0.1) is 6.92 Å². The number of aryl methyl sites for hydroxylation is 1. The Hall–Kier alpha value is -1.60. The third kappa shape index (κ3) is 5.45. The lowest BCUT2D eigenvalue weighted by molar-refractivity contribution is -0.130. The molecule has 0 radical (unpaired) electrons. The normalized spacial score (nSPS) is 21.1. The highest BCUT2D eigenvalue weighted by atomic mass is 32.2. The van der Waals surface area contributed by atoms with Crippen LogP contribution in [-0.4, -0.2) is 57.3 Å². The predicted molar refractivity (Wildman–Crippen MR) is 106 cm³/mol. The summed E-state index contributed by atoms with van der Waals surface area (Å²) in [5, 5.41) is 0. The average Bonchev–Trinajstić information content (AvgIpc) is 2.68. The number of nitrogens with zero attached hydrogens (tertiary/aromatic N) is 2. The maximum absolute atomic E-state index is 13.2. The zero-order chi connectivity index (χ0) is 19.3. The summed E-state index contributed by atoms with van der Waals surface area (Å²) >= 11 is 0. The largest absolute Gasteiger partial charge is 0.377 e. The van der Waals surface area contributed by atoms with Crippen LogP contribution < -0.4 is 4.31 Å². The minimum Gasteiger partial charge on any atom is -0.377 e. The lowest BCUT2D eigenvalue weighted by Gasteiger charge is -2.32. The zero-order valence-electron chi connectivity index (χ0n) is 16.1. The number of amides is 1. The number of hydrogen-bond acceptors (Lipinski definition) is 4. The van der Waals surface area contributed by atoms with Crippen LogP contribution in [0.25, 0.3) is 0 Å². The van der Waals surface area contributed by atoms with Gasteiger partial charge in [0.1, 0.15) is 6.54 Å². The van der Waals surface area contributed by atoms with E-state index in [9.17, 15) is 13.2 Å². The predicted octanol–water partition coefficient (Wildman–Crippen LogP) is 2.71. The molecular formula is C20H30N2O4S. The number of rotatable bonds is 6. The molecule has 150 valence electrons. The van der Waals surface area contributed by atoms with Crippen LogP contribution in [0.2, 0.25) is 0 Å². The molecule has 2 aliphatic heterocycles. The molecule has 0 bridgehead atoms. The van der Waals surface area contributed by atoms with E-state index in [1.54, 1.807) is 17.0 Å². The lowest BCUT2D eigenvalue weighted by atomic mass is 10.1. The highest BCUT2D eigenvalue weighted by Gasteiger charge is 2.31. The van der Waals surface area contributed by atoms with Crippen molar-refractivity contribution >= 4 is 21.6 Å². The molecule has 0 N–H and O–H groups in total. The molecule has 2 heterocycles. The Bertz CT molecular complexity index is 721. The number of carbonyl (C=O) groups excluding carboxylic acids is 1. The standard InChI is InChI=1S/C20H30N2O4S/c1-17-8-10-18(11-9-17)22(15-20(23)21-12-4-2-5-13-21)27(24,25)16-19-7-3-6-14-26-19/h8-11,19H,2-7,12-16H2,1H3. The summed E-state index contributed by atoms with van der Waals surface area (Å²) in [5.41, 5.74) is 1.59. The van der Waals surface area contributed by atoms with Crippen LogP contribution in [0.1, 0.15) is 44.1 Å². The summed E-state index contributed by atoms with van der Waals surface area (Å²) in [7, 11) is -3.66. The van der Waals surface area contributed by atoms with E-state index in [1.165, 1.54) is 4.31 Å². The van der Waals surface area contributed by atoms with Gasteiger partial charge in [-0.15, -0.1) is 0 Å². The lowest BCUT2D eigenvalue weighted by Crippen LogP contribution is -2.46. The second-order valence-corrected chi connectivity index (χ2v) is 9.49. The Morgan fingerprint density at radius 3 is 2.44 bits per heavy atom. The van der Waals surface area contributed by atoms with E-state index < -0.39 is 10.0 Å². The zero-order valence-corrected chi connectivity index (χ0v) is 16.9. The average molecular weight is 395 g/mol. The minimum absolute atomic E-state index is 0.0752. The molecule has 2 saturated heterocycles. The molecule has 27 heavy (non-hydrogen) atoms. The van der Waals surface area contributed by atoms with Crippen molar-refractivity contribution in [2.24, 2.45) is 0 Å². The molecule has 1 aromatic carbocycles. The van der Waals surface area contributed by atoms with Gasteiger partial charge in [0, 0.05) is 19.7 Å². The molecule has 7 heteroatoms. The monoisotopic (exact) mass is 394 g/mol. The molecule has 0 saturated carbocycles. The molecular weight excluding hydrogens is 364 g/mol. The highest BCUT2D eigenvalue weighted by Crippen LogP contribution is 2.23. The molecule has 1 atom stereocenters. The Morgan fingerprint density at radius 2 is 1.81 bits per heavy atom. The van der Waals surface area contributed by atoms with Crippen LogP contribution in [0.5, 0.6) is 0 Å². The van der Waals surface area contributed by atoms with Gasteiger partial charge in [0.15, 0.2) is 0 Å². The maximum Gasteiger partial charge on any atom is 0.243 e. The number of carbonyl (C=O) groups is 1. The number of likely N-dealkylation sites (tertiary alicyclic amines) is 1. The van der Waals surface area contributed by atoms with E-state index >= 15 is 0 Å². The van der Waals surface area contributed by atoms with E-state index in [0.717, 1.165) is 44.1 Å². The van der Waals surface area contributed by atoms with Crippen LogP contribution in [0.15, 0.2) is 24.3 Å². The van der Waals surface area contributed by atoms with Gasteiger partial charge in [-0.2, -0.15) is 0 Å². The van der Waals surface area contributed by atoms with Crippen molar-refractivity contribution in [1.82, 2.24) is 4.90 Å². The fraction of sp³-hybridized carbons (Fsp3) is 0.650. The summed E-state index contributed by atoms with van der Waals surface area (Å²) in [5.74, 6) is -0.197. The van der Waals surface area contributed by atoms with Crippen molar-refractivity contribution in [3.05, 3.63) is 29.8 Å². The molecule has 2 fully saturated rings. The van der Waals surface area contributed by atoms with Gasteiger partial charge in [0.2, 0.25) is 15.9 Å². The molecule has 0 spiro atoms. The van der Waals surface area contributed by atoms with Gasteiger partial charge >= 0.3 is 0 Å². The van der Waals surface area contributed by atoms with Gasteiger partial charge in [-0.05, 0) is 57.6 Å². The van der Waals surface area contributed by atoms with Gasteiger partial charge < -0.3 is 9.64 Å². The van der Waals surface area contributed by atoms with Gasteiger partial charge in [0.05, 0.1) is 17.5 Å². The van der Waals surface area contributed by atoms with Gasteiger partial charge in [-0.3, -0.25) is 9.10 Å². The topological polar surface area (TPSA) is 66.9 Å². The first kappa shape index (κ1) is 20.1. The van der Waals surface area contributed by atoms with Crippen molar-refractivity contribution in [2.45, 2.75) is 51.6 Å². The van der Waals surface area contributed by atoms with Crippen LogP contribution in [0.3, 0.4) is 0 Å². The fourth-order valence-corrected chi connectivity index (χ4v) is 5.35. The maximum atomic E-state index is 13.2. The van der Waals surface area contributed by atoms with Crippen LogP contribution in [-0.2, 0) is 19.6 Å². The minimum atomic E-state index is -3.66. The van der Waals surface area contributed by atoms with E-state index in [4.69, 9.17) is 4.74 Å².